The lowest BCUT2D eigenvalue weighted by Gasteiger charge is -2.26. The van der Waals surface area contributed by atoms with Gasteiger partial charge in [0.1, 0.15) is 0 Å². The van der Waals surface area contributed by atoms with Gasteiger partial charge < -0.3 is 5.11 Å². The number of hydrogen-bond donors (Lipinski definition) is 1. The van der Waals surface area contributed by atoms with Gasteiger partial charge >= 0.3 is 5.30 Å². The maximum absolute atomic E-state index is 9.92. The topological polar surface area (TPSA) is 40.5 Å². The molecule has 0 saturated carbocycles. The van der Waals surface area contributed by atoms with Gasteiger partial charge in [0.05, 0.1) is 0 Å². The van der Waals surface area contributed by atoms with Crippen LogP contribution in [0.15, 0.2) is 0 Å². The summed E-state index contributed by atoms with van der Waals surface area (Å²) >= 11 is 0.891. The Labute approximate surface area is 51.8 Å². The molecule has 8 heavy (non-hydrogen) atoms. The van der Waals surface area contributed by atoms with Crippen molar-refractivity contribution in [1.29, 1.82) is 0 Å². The number of hydrogen-bond acceptors (Lipinski definition) is 3. The molecule has 1 saturated heterocycles. The van der Waals surface area contributed by atoms with E-state index >= 15 is 0 Å². The van der Waals surface area contributed by atoms with Gasteiger partial charge in [0.2, 0.25) is 0 Å². The fourth-order valence-corrected chi connectivity index (χ4v) is 1.15. The molecule has 1 aliphatic heterocycles. The SMILES string of the molecule is O=C(O)SN1CCC1. The minimum Gasteiger partial charge on any atom is -0.472 e. The third kappa shape index (κ3) is 1.38. The molecule has 0 aromatic rings. The highest BCUT2D eigenvalue weighted by Crippen LogP contribution is 2.18. The Kier molecular flexibility index (Phi) is 1.75. The molecule has 1 N–H and O–H groups in total. The molecule has 0 radical (unpaired) electrons. The van der Waals surface area contributed by atoms with Gasteiger partial charge in [0.15, 0.2) is 0 Å². The Morgan fingerprint density at radius 3 is 2.38 bits per heavy atom. The van der Waals surface area contributed by atoms with Crippen LogP contribution in [0.1, 0.15) is 6.42 Å². The van der Waals surface area contributed by atoms with Gasteiger partial charge in [-0.1, -0.05) is 0 Å². The summed E-state index contributed by atoms with van der Waals surface area (Å²) in [6.07, 6.45) is 1.14. The quantitative estimate of drug-likeness (QED) is 0.542. The van der Waals surface area contributed by atoms with Crippen molar-refractivity contribution >= 4 is 17.2 Å². The number of carbonyl (C=O) groups is 1. The van der Waals surface area contributed by atoms with Crippen molar-refractivity contribution < 1.29 is 9.90 Å². The molecule has 46 valence electrons. The Balaban J connectivity index is 2.09. The van der Waals surface area contributed by atoms with E-state index < -0.39 is 5.30 Å². The van der Waals surface area contributed by atoms with E-state index in [0.717, 1.165) is 31.5 Å². The number of rotatable bonds is 1. The van der Waals surface area contributed by atoms with Crippen LogP contribution in [-0.4, -0.2) is 27.8 Å². The van der Waals surface area contributed by atoms with Crippen LogP contribution in [-0.2, 0) is 0 Å². The number of carboxylic acid groups (broad SMARTS) is 1. The first-order chi connectivity index (χ1) is 3.79. The molecular formula is C4H7NO2S. The molecule has 0 aliphatic carbocycles. The molecule has 1 rings (SSSR count). The van der Waals surface area contributed by atoms with E-state index in [4.69, 9.17) is 5.11 Å². The Bertz CT molecular complexity index is 102. The maximum atomic E-state index is 9.92. The van der Waals surface area contributed by atoms with Crippen LogP contribution < -0.4 is 0 Å². The van der Waals surface area contributed by atoms with Crippen LogP contribution in [0.4, 0.5) is 4.79 Å². The summed E-state index contributed by atoms with van der Waals surface area (Å²) < 4.78 is 1.82. The first kappa shape index (κ1) is 5.91. The maximum Gasteiger partial charge on any atom is 0.380 e. The summed E-state index contributed by atoms with van der Waals surface area (Å²) in [5, 5.41) is 7.37. The lowest BCUT2D eigenvalue weighted by Crippen LogP contribution is -2.31. The van der Waals surface area contributed by atoms with E-state index in [1.165, 1.54) is 0 Å². The minimum absolute atomic E-state index is 0.801. The normalized spacial score (nSPS) is 20.0. The van der Waals surface area contributed by atoms with E-state index in [9.17, 15) is 4.79 Å². The van der Waals surface area contributed by atoms with Crippen LogP contribution >= 0.6 is 11.9 Å². The fraction of sp³-hybridized carbons (Fsp3) is 0.750. The fourth-order valence-electron chi connectivity index (χ4n) is 0.489. The van der Waals surface area contributed by atoms with Crippen LogP contribution in [0.3, 0.4) is 0 Å². The average Bonchev–Trinajstić information content (AvgIpc) is 1.55. The van der Waals surface area contributed by atoms with Crippen LogP contribution in [0, 0.1) is 0 Å². The van der Waals surface area contributed by atoms with Gasteiger partial charge in [-0.05, 0) is 6.42 Å². The Morgan fingerprint density at radius 2 is 2.25 bits per heavy atom. The third-order valence-electron chi connectivity index (χ3n) is 1.02. The van der Waals surface area contributed by atoms with E-state index in [0.29, 0.717) is 0 Å². The molecular weight excluding hydrogens is 126 g/mol. The first-order valence-electron chi connectivity index (χ1n) is 2.45. The van der Waals surface area contributed by atoms with Crippen LogP contribution in [0.5, 0.6) is 0 Å². The molecule has 1 aliphatic rings. The van der Waals surface area contributed by atoms with Crippen molar-refractivity contribution in [3.8, 4) is 0 Å². The highest BCUT2D eigenvalue weighted by molar-refractivity contribution is 8.11. The zero-order valence-electron chi connectivity index (χ0n) is 4.33. The van der Waals surface area contributed by atoms with Crippen molar-refractivity contribution in [3.63, 3.8) is 0 Å². The molecule has 4 heteroatoms. The van der Waals surface area contributed by atoms with E-state index in [1.807, 2.05) is 4.31 Å². The molecule has 0 amide bonds. The van der Waals surface area contributed by atoms with Gasteiger partial charge in [0, 0.05) is 25.0 Å². The van der Waals surface area contributed by atoms with E-state index in [2.05, 4.69) is 0 Å². The van der Waals surface area contributed by atoms with Gasteiger partial charge in [-0.15, -0.1) is 0 Å². The van der Waals surface area contributed by atoms with Gasteiger partial charge in [-0.3, -0.25) is 0 Å². The summed E-state index contributed by atoms with van der Waals surface area (Å²) in [4.78, 5) is 9.92. The molecule has 3 nitrogen and oxygen atoms in total. The van der Waals surface area contributed by atoms with Crippen molar-refractivity contribution in [3.05, 3.63) is 0 Å². The second-order valence-electron chi connectivity index (χ2n) is 1.64. The highest BCUT2D eigenvalue weighted by atomic mass is 32.2. The second kappa shape index (κ2) is 2.37. The zero-order valence-corrected chi connectivity index (χ0v) is 5.15. The van der Waals surface area contributed by atoms with Crippen molar-refractivity contribution in [2.75, 3.05) is 13.1 Å². The van der Waals surface area contributed by atoms with Crippen LogP contribution in [0.25, 0.3) is 0 Å². The number of nitrogens with zero attached hydrogens (tertiary/aromatic N) is 1. The van der Waals surface area contributed by atoms with E-state index in [1.54, 1.807) is 0 Å². The van der Waals surface area contributed by atoms with Crippen molar-refractivity contribution in [2.24, 2.45) is 0 Å². The standard InChI is InChI=1S/C4H7NO2S/c6-4(7)8-5-2-1-3-5/h1-3H2,(H,6,7). The summed E-state index contributed by atoms with van der Waals surface area (Å²) in [7, 11) is 0. The van der Waals surface area contributed by atoms with Crippen LogP contribution in [0.2, 0.25) is 0 Å². The summed E-state index contributed by atoms with van der Waals surface area (Å²) in [6.45, 7) is 1.86. The molecule has 0 spiro atoms. The predicted octanol–water partition coefficient (Wildman–Crippen LogP) is 1.02. The molecule has 0 aromatic carbocycles. The van der Waals surface area contributed by atoms with Crippen molar-refractivity contribution in [1.82, 2.24) is 4.31 Å². The largest absolute Gasteiger partial charge is 0.472 e. The van der Waals surface area contributed by atoms with Crippen molar-refractivity contribution in [2.45, 2.75) is 6.42 Å². The molecule has 1 fully saturated rings. The smallest absolute Gasteiger partial charge is 0.380 e. The Morgan fingerprint density at radius 1 is 1.62 bits per heavy atom. The zero-order chi connectivity index (χ0) is 5.98. The molecule has 0 unspecified atom stereocenters. The summed E-state index contributed by atoms with van der Waals surface area (Å²) in [6, 6.07) is 0. The average molecular weight is 133 g/mol. The monoisotopic (exact) mass is 133 g/mol. The predicted molar refractivity (Wildman–Crippen MR) is 31.8 cm³/mol. The molecule has 0 aromatic heterocycles. The minimum atomic E-state index is -0.801. The third-order valence-corrected chi connectivity index (χ3v) is 1.80. The highest BCUT2D eigenvalue weighted by Gasteiger charge is 2.16. The van der Waals surface area contributed by atoms with Gasteiger partial charge in [0.25, 0.3) is 0 Å². The molecule has 0 bridgehead atoms. The summed E-state index contributed by atoms with van der Waals surface area (Å²) in [5.74, 6) is 0. The first-order valence-corrected chi connectivity index (χ1v) is 3.22. The molecule has 0 atom stereocenters. The van der Waals surface area contributed by atoms with Gasteiger partial charge in [-0.25, -0.2) is 9.10 Å². The van der Waals surface area contributed by atoms with E-state index in [-0.39, 0.29) is 0 Å². The second-order valence-corrected chi connectivity index (χ2v) is 2.69. The lowest BCUT2D eigenvalue weighted by molar-refractivity contribution is 0.219. The Hall–Kier alpha value is -0.220. The lowest BCUT2D eigenvalue weighted by atomic mass is 10.3. The van der Waals surface area contributed by atoms with Gasteiger partial charge in [-0.2, -0.15) is 0 Å². The summed E-state index contributed by atoms with van der Waals surface area (Å²) in [5.41, 5.74) is 0. The molecule has 1 heterocycles.